The van der Waals surface area contributed by atoms with Gasteiger partial charge in [-0.15, -0.1) is 10.2 Å². The standard InChI is InChI=1S/C17H19N5O2/c1-11-4-3-5-12(8-11)16-20-19-15-7-6-13(9-22(15)16)17-18-14(10-23-2)21-24-17/h3-5,8,13H,6-7,9-10H2,1-2H3. The van der Waals surface area contributed by atoms with Crippen molar-refractivity contribution in [2.75, 3.05) is 7.11 Å². The van der Waals surface area contributed by atoms with Gasteiger partial charge in [-0.1, -0.05) is 28.9 Å². The van der Waals surface area contributed by atoms with Gasteiger partial charge < -0.3 is 13.8 Å². The summed E-state index contributed by atoms with van der Waals surface area (Å²) in [6.45, 7) is 3.19. The van der Waals surface area contributed by atoms with Crippen LogP contribution in [0.5, 0.6) is 0 Å². The largest absolute Gasteiger partial charge is 0.377 e. The molecular formula is C17H19N5O2. The first-order valence-corrected chi connectivity index (χ1v) is 8.05. The molecule has 24 heavy (non-hydrogen) atoms. The normalized spacial score (nSPS) is 17.0. The zero-order chi connectivity index (χ0) is 16.5. The Morgan fingerprint density at radius 3 is 3.08 bits per heavy atom. The van der Waals surface area contributed by atoms with Crippen molar-refractivity contribution in [3.05, 3.63) is 47.4 Å². The summed E-state index contributed by atoms with van der Waals surface area (Å²) in [5.74, 6) is 3.34. The molecule has 7 heteroatoms. The molecular weight excluding hydrogens is 306 g/mol. The number of fused-ring (bicyclic) bond motifs is 1. The molecule has 1 unspecified atom stereocenters. The van der Waals surface area contributed by atoms with Crippen LogP contribution in [0, 0.1) is 6.92 Å². The third-order valence-corrected chi connectivity index (χ3v) is 4.33. The SMILES string of the molecule is COCc1noc(C2CCc3nnc(-c4cccc(C)c4)n3C2)n1. The smallest absolute Gasteiger partial charge is 0.231 e. The zero-order valence-electron chi connectivity index (χ0n) is 13.8. The molecule has 1 aliphatic heterocycles. The van der Waals surface area contributed by atoms with E-state index in [1.807, 2.05) is 6.07 Å². The average Bonchev–Trinajstić information content (AvgIpc) is 3.21. The first kappa shape index (κ1) is 15.0. The molecule has 4 rings (SSSR count). The highest BCUT2D eigenvalue weighted by atomic mass is 16.5. The maximum absolute atomic E-state index is 5.42. The lowest BCUT2D eigenvalue weighted by molar-refractivity contribution is 0.174. The van der Waals surface area contributed by atoms with E-state index in [0.29, 0.717) is 18.3 Å². The van der Waals surface area contributed by atoms with Crippen molar-refractivity contribution in [1.82, 2.24) is 24.9 Å². The van der Waals surface area contributed by atoms with Crippen LogP contribution in [0.3, 0.4) is 0 Å². The number of benzene rings is 1. The minimum Gasteiger partial charge on any atom is -0.377 e. The van der Waals surface area contributed by atoms with Crippen molar-refractivity contribution in [1.29, 1.82) is 0 Å². The molecule has 7 nitrogen and oxygen atoms in total. The van der Waals surface area contributed by atoms with Crippen molar-refractivity contribution in [2.45, 2.75) is 38.8 Å². The number of nitrogens with zero attached hydrogens (tertiary/aromatic N) is 5. The summed E-state index contributed by atoms with van der Waals surface area (Å²) in [7, 11) is 1.62. The number of aromatic nitrogens is 5. The van der Waals surface area contributed by atoms with Gasteiger partial charge in [0, 0.05) is 25.6 Å². The molecule has 0 bridgehead atoms. The number of hydrogen-bond acceptors (Lipinski definition) is 6. The van der Waals surface area contributed by atoms with Crippen LogP contribution < -0.4 is 0 Å². The number of aryl methyl sites for hydroxylation is 2. The molecule has 1 aliphatic rings. The van der Waals surface area contributed by atoms with Crippen molar-refractivity contribution in [3.8, 4) is 11.4 Å². The van der Waals surface area contributed by atoms with Crippen LogP contribution in [0.4, 0.5) is 0 Å². The molecule has 0 saturated carbocycles. The highest BCUT2D eigenvalue weighted by molar-refractivity contribution is 5.56. The van der Waals surface area contributed by atoms with E-state index in [1.54, 1.807) is 7.11 Å². The first-order chi connectivity index (χ1) is 11.7. The van der Waals surface area contributed by atoms with E-state index in [1.165, 1.54) is 5.56 Å². The molecule has 0 fully saturated rings. The van der Waals surface area contributed by atoms with Crippen LogP contribution in [0.25, 0.3) is 11.4 Å². The number of ether oxygens (including phenoxy) is 1. The van der Waals surface area contributed by atoms with Gasteiger partial charge in [-0.25, -0.2) is 0 Å². The highest BCUT2D eigenvalue weighted by Gasteiger charge is 2.28. The monoisotopic (exact) mass is 325 g/mol. The van der Waals surface area contributed by atoms with E-state index in [9.17, 15) is 0 Å². The van der Waals surface area contributed by atoms with Crippen LogP contribution in [0.1, 0.15) is 35.4 Å². The summed E-state index contributed by atoms with van der Waals surface area (Å²) in [6, 6.07) is 8.32. The second-order valence-corrected chi connectivity index (χ2v) is 6.14. The van der Waals surface area contributed by atoms with Crippen LogP contribution >= 0.6 is 0 Å². The number of rotatable bonds is 4. The topological polar surface area (TPSA) is 78.9 Å². The fourth-order valence-corrected chi connectivity index (χ4v) is 3.15. The molecule has 1 aromatic carbocycles. The van der Waals surface area contributed by atoms with Crippen LogP contribution in [-0.2, 0) is 24.3 Å². The minimum atomic E-state index is 0.176. The average molecular weight is 325 g/mol. The predicted molar refractivity (Wildman–Crippen MR) is 86.3 cm³/mol. The second-order valence-electron chi connectivity index (χ2n) is 6.14. The van der Waals surface area contributed by atoms with Crippen molar-refractivity contribution in [2.24, 2.45) is 0 Å². The predicted octanol–water partition coefficient (Wildman–Crippen LogP) is 2.51. The van der Waals surface area contributed by atoms with E-state index >= 15 is 0 Å². The Labute approximate surface area is 139 Å². The third-order valence-electron chi connectivity index (χ3n) is 4.33. The Morgan fingerprint density at radius 2 is 2.25 bits per heavy atom. The maximum atomic E-state index is 5.42. The molecule has 0 N–H and O–H groups in total. The fourth-order valence-electron chi connectivity index (χ4n) is 3.15. The number of methoxy groups -OCH3 is 1. The van der Waals surface area contributed by atoms with Crippen LogP contribution in [0.2, 0.25) is 0 Å². The van der Waals surface area contributed by atoms with Gasteiger partial charge >= 0.3 is 0 Å². The maximum Gasteiger partial charge on any atom is 0.231 e. The highest BCUT2D eigenvalue weighted by Crippen LogP contribution is 2.31. The summed E-state index contributed by atoms with van der Waals surface area (Å²) in [5.41, 5.74) is 2.29. The van der Waals surface area contributed by atoms with E-state index in [2.05, 4.69) is 50.0 Å². The van der Waals surface area contributed by atoms with Crippen molar-refractivity contribution >= 4 is 0 Å². The van der Waals surface area contributed by atoms with Crippen molar-refractivity contribution in [3.63, 3.8) is 0 Å². The molecule has 3 heterocycles. The van der Waals surface area contributed by atoms with E-state index in [-0.39, 0.29) is 5.92 Å². The van der Waals surface area contributed by atoms with Gasteiger partial charge in [0.15, 0.2) is 11.6 Å². The summed E-state index contributed by atoms with van der Waals surface area (Å²) in [4.78, 5) is 4.44. The zero-order valence-corrected chi connectivity index (χ0v) is 13.8. The lowest BCUT2D eigenvalue weighted by atomic mass is 9.99. The van der Waals surface area contributed by atoms with Gasteiger partial charge in [-0.2, -0.15) is 4.98 Å². The van der Waals surface area contributed by atoms with E-state index in [4.69, 9.17) is 9.26 Å². The molecule has 0 spiro atoms. The van der Waals surface area contributed by atoms with E-state index < -0.39 is 0 Å². The Morgan fingerprint density at radius 1 is 1.33 bits per heavy atom. The minimum absolute atomic E-state index is 0.176. The first-order valence-electron chi connectivity index (χ1n) is 8.05. The van der Waals surface area contributed by atoms with Crippen molar-refractivity contribution < 1.29 is 9.26 Å². The van der Waals surface area contributed by atoms with Gasteiger partial charge in [0.2, 0.25) is 5.89 Å². The third kappa shape index (κ3) is 2.71. The fraction of sp³-hybridized carbons (Fsp3) is 0.412. The molecule has 0 saturated heterocycles. The molecule has 124 valence electrons. The molecule has 0 aliphatic carbocycles. The Balaban J connectivity index is 1.63. The summed E-state index contributed by atoms with van der Waals surface area (Å²) in [6.07, 6.45) is 1.78. The Bertz CT molecular complexity index is 854. The van der Waals surface area contributed by atoms with Gasteiger partial charge in [0.05, 0.1) is 5.92 Å². The van der Waals surface area contributed by atoms with Gasteiger partial charge in [-0.3, -0.25) is 0 Å². The Kier molecular flexibility index (Phi) is 3.86. The summed E-state index contributed by atoms with van der Waals surface area (Å²) in [5, 5.41) is 12.7. The van der Waals surface area contributed by atoms with Gasteiger partial charge in [0.1, 0.15) is 12.4 Å². The lowest BCUT2D eigenvalue weighted by Crippen LogP contribution is -2.20. The summed E-state index contributed by atoms with van der Waals surface area (Å²) >= 11 is 0. The molecule has 0 radical (unpaired) electrons. The molecule has 0 amide bonds. The van der Waals surface area contributed by atoms with Crippen LogP contribution in [-0.4, -0.2) is 32.0 Å². The second kappa shape index (κ2) is 6.16. The van der Waals surface area contributed by atoms with Crippen LogP contribution in [0.15, 0.2) is 28.8 Å². The molecule has 3 aromatic rings. The van der Waals surface area contributed by atoms with Gasteiger partial charge in [0.25, 0.3) is 0 Å². The Hall–Kier alpha value is -2.54. The summed E-state index contributed by atoms with van der Waals surface area (Å²) < 4.78 is 12.6. The lowest BCUT2D eigenvalue weighted by Gasteiger charge is -2.21. The van der Waals surface area contributed by atoms with Gasteiger partial charge in [-0.05, 0) is 19.4 Å². The number of hydrogen-bond donors (Lipinski definition) is 0. The van der Waals surface area contributed by atoms with E-state index in [0.717, 1.165) is 36.6 Å². The molecule has 2 aromatic heterocycles. The quantitative estimate of drug-likeness (QED) is 0.733. The molecule has 1 atom stereocenters.